The number of nitrogens with zero attached hydrogens (tertiary/aromatic N) is 2. The molecular weight excluding hydrogens is 254 g/mol. The molecule has 0 radical (unpaired) electrons. The Balaban J connectivity index is 2.14. The molecule has 5 heteroatoms. The highest BCUT2D eigenvalue weighted by Crippen LogP contribution is 2.13. The summed E-state index contributed by atoms with van der Waals surface area (Å²) in [5.74, 6) is -0.691. The van der Waals surface area contributed by atoms with Crippen molar-refractivity contribution in [2.45, 2.75) is 26.8 Å². The van der Waals surface area contributed by atoms with E-state index in [0.717, 1.165) is 5.56 Å². The second-order valence-electron chi connectivity index (χ2n) is 4.90. The Morgan fingerprint density at radius 1 is 1.15 bits per heavy atom. The van der Waals surface area contributed by atoms with Gasteiger partial charge in [0, 0.05) is 17.7 Å². The molecule has 1 amide bonds. The Hall–Kier alpha value is -2.43. The average molecular weight is 271 g/mol. The summed E-state index contributed by atoms with van der Waals surface area (Å²) in [6, 6.07) is 8.68. The molecule has 0 atom stereocenters. The molecule has 0 aliphatic carbocycles. The van der Waals surface area contributed by atoms with Crippen LogP contribution in [0.25, 0.3) is 0 Å². The van der Waals surface area contributed by atoms with Crippen LogP contribution in [0.4, 0.5) is 5.82 Å². The largest absolute Gasteiger partial charge is 0.304 e. The fourth-order valence-electron chi connectivity index (χ4n) is 1.83. The first kappa shape index (κ1) is 14.0. The van der Waals surface area contributed by atoms with Gasteiger partial charge in [-0.3, -0.25) is 9.59 Å². The highest BCUT2D eigenvalue weighted by atomic mass is 16.2. The summed E-state index contributed by atoms with van der Waals surface area (Å²) >= 11 is 0. The Kier molecular flexibility index (Phi) is 3.98. The fourth-order valence-corrected chi connectivity index (χ4v) is 1.83. The van der Waals surface area contributed by atoms with Crippen molar-refractivity contribution in [3.63, 3.8) is 0 Å². The third-order valence-corrected chi connectivity index (χ3v) is 2.92. The molecule has 0 spiro atoms. The predicted octanol–water partition coefficient (Wildman–Crippen LogP) is 2.59. The van der Waals surface area contributed by atoms with Crippen LogP contribution in [0.1, 0.15) is 35.8 Å². The zero-order chi connectivity index (χ0) is 14.7. The lowest BCUT2D eigenvalue weighted by molar-refractivity contribution is -0.112. The molecule has 0 unspecified atom stereocenters. The van der Waals surface area contributed by atoms with Crippen LogP contribution in [0.15, 0.2) is 36.5 Å². The molecule has 20 heavy (non-hydrogen) atoms. The smallest absolute Gasteiger partial charge is 0.297 e. The van der Waals surface area contributed by atoms with E-state index in [4.69, 9.17) is 0 Å². The van der Waals surface area contributed by atoms with Crippen LogP contribution in [0.3, 0.4) is 0 Å². The number of benzene rings is 1. The topological polar surface area (TPSA) is 64.0 Å². The van der Waals surface area contributed by atoms with Crippen LogP contribution in [0.5, 0.6) is 0 Å². The van der Waals surface area contributed by atoms with E-state index in [1.807, 2.05) is 20.8 Å². The summed E-state index contributed by atoms with van der Waals surface area (Å²) in [7, 11) is 0. The zero-order valence-corrected chi connectivity index (χ0v) is 11.8. The summed E-state index contributed by atoms with van der Waals surface area (Å²) in [4.78, 5) is 24.0. The molecule has 0 saturated heterocycles. The maximum atomic E-state index is 12.0. The summed E-state index contributed by atoms with van der Waals surface area (Å²) in [5.41, 5.74) is 1.42. The van der Waals surface area contributed by atoms with Crippen LogP contribution in [-0.4, -0.2) is 21.5 Å². The second-order valence-corrected chi connectivity index (χ2v) is 4.90. The Morgan fingerprint density at radius 3 is 2.40 bits per heavy atom. The van der Waals surface area contributed by atoms with E-state index < -0.39 is 11.7 Å². The molecule has 1 heterocycles. The molecule has 2 aromatic rings. The Labute approximate surface area is 117 Å². The molecule has 1 aromatic heterocycles. The van der Waals surface area contributed by atoms with Crippen molar-refractivity contribution in [3.05, 3.63) is 47.7 Å². The van der Waals surface area contributed by atoms with Gasteiger partial charge in [0.05, 0.1) is 6.20 Å². The minimum Gasteiger partial charge on any atom is -0.304 e. The first-order valence-electron chi connectivity index (χ1n) is 6.45. The van der Waals surface area contributed by atoms with E-state index in [-0.39, 0.29) is 6.04 Å². The second kappa shape index (κ2) is 5.69. The normalized spacial score (nSPS) is 10.6. The van der Waals surface area contributed by atoms with E-state index in [1.54, 1.807) is 41.2 Å². The molecule has 5 nitrogen and oxygen atoms in total. The highest BCUT2D eigenvalue weighted by Gasteiger charge is 2.18. The molecule has 0 aliphatic rings. The number of hydrogen-bond donors (Lipinski definition) is 1. The number of hydrogen-bond acceptors (Lipinski definition) is 3. The van der Waals surface area contributed by atoms with Gasteiger partial charge in [-0.1, -0.05) is 29.8 Å². The van der Waals surface area contributed by atoms with Gasteiger partial charge in [-0.25, -0.2) is 4.68 Å². The SMILES string of the molecule is Cc1ccc(C(=O)C(=O)Nc2ccnn2C(C)C)cc1. The number of aromatic nitrogens is 2. The number of amides is 1. The lowest BCUT2D eigenvalue weighted by Gasteiger charge is -2.11. The van der Waals surface area contributed by atoms with Gasteiger partial charge in [-0.05, 0) is 20.8 Å². The number of carbonyl (C=O) groups is 2. The number of aryl methyl sites for hydroxylation is 1. The molecule has 1 aromatic carbocycles. The first-order chi connectivity index (χ1) is 9.49. The number of carbonyl (C=O) groups excluding carboxylic acids is 2. The van der Waals surface area contributed by atoms with Gasteiger partial charge in [-0.2, -0.15) is 5.10 Å². The average Bonchev–Trinajstić information content (AvgIpc) is 2.87. The first-order valence-corrected chi connectivity index (χ1v) is 6.45. The summed E-state index contributed by atoms with van der Waals surface area (Å²) < 4.78 is 1.65. The van der Waals surface area contributed by atoms with E-state index in [1.165, 1.54) is 0 Å². The van der Waals surface area contributed by atoms with Crippen molar-refractivity contribution in [1.29, 1.82) is 0 Å². The lowest BCUT2D eigenvalue weighted by Crippen LogP contribution is -2.24. The van der Waals surface area contributed by atoms with Gasteiger partial charge in [0.1, 0.15) is 5.82 Å². The molecule has 0 aliphatic heterocycles. The van der Waals surface area contributed by atoms with Crippen molar-refractivity contribution in [2.24, 2.45) is 0 Å². The van der Waals surface area contributed by atoms with Gasteiger partial charge in [0.15, 0.2) is 0 Å². The summed E-state index contributed by atoms with van der Waals surface area (Å²) in [6.45, 7) is 5.82. The zero-order valence-electron chi connectivity index (χ0n) is 11.8. The lowest BCUT2D eigenvalue weighted by atomic mass is 10.1. The third kappa shape index (κ3) is 2.93. The van der Waals surface area contributed by atoms with Gasteiger partial charge in [0.25, 0.3) is 11.7 Å². The van der Waals surface area contributed by atoms with Crippen LogP contribution in [0, 0.1) is 6.92 Å². The number of nitrogens with one attached hydrogen (secondary N) is 1. The third-order valence-electron chi connectivity index (χ3n) is 2.92. The molecule has 0 fully saturated rings. The van der Waals surface area contributed by atoms with Crippen LogP contribution < -0.4 is 5.32 Å². The van der Waals surface area contributed by atoms with E-state index in [9.17, 15) is 9.59 Å². The minimum absolute atomic E-state index is 0.106. The maximum Gasteiger partial charge on any atom is 0.297 e. The quantitative estimate of drug-likeness (QED) is 0.686. The maximum absolute atomic E-state index is 12.0. The van der Waals surface area contributed by atoms with Crippen LogP contribution in [-0.2, 0) is 4.79 Å². The van der Waals surface area contributed by atoms with Crippen molar-refractivity contribution < 1.29 is 9.59 Å². The molecule has 0 saturated carbocycles. The Bertz CT molecular complexity index is 627. The molecule has 2 rings (SSSR count). The minimum atomic E-state index is -0.656. The van der Waals surface area contributed by atoms with Crippen molar-refractivity contribution in [1.82, 2.24) is 9.78 Å². The summed E-state index contributed by atoms with van der Waals surface area (Å²) in [6.07, 6.45) is 1.59. The predicted molar refractivity (Wildman–Crippen MR) is 76.8 cm³/mol. The number of Topliss-reactive ketones (excluding diaryl/α,β-unsaturated/α-hetero) is 1. The van der Waals surface area contributed by atoms with E-state index in [0.29, 0.717) is 11.4 Å². The number of anilines is 1. The highest BCUT2D eigenvalue weighted by molar-refractivity contribution is 6.46. The molecular formula is C15H17N3O2. The molecule has 104 valence electrons. The monoisotopic (exact) mass is 271 g/mol. The number of rotatable bonds is 4. The van der Waals surface area contributed by atoms with Crippen molar-refractivity contribution >= 4 is 17.5 Å². The van der Waals surface area contributed by atoms with Gasteiger partial charge in [0.2, 0.25) is 0 Å². The van der Waals surface area contributed by atoms with Gasteiger partial charge >= 0.3 is 0 Å². The van der Waals surface area contributed by atoms with Crippen LogP contribution in [0.2, 0.25) is 0 Å². The van der Waals surface area contributed by atoms with Gasteiger partial charge in [-0.15, -0.1) is 0 Å². The standard InChI is InChI=1S/C15H17N3O2/c1-10(2)18-13(8-9-16-18)17-15(20)14(19)12-6-4-11(3)5-7-12/h4-10H,1-3H3,(H,17,20). The van der Waals surface area contributed by atoms with Gasteiger partial charge < -0.3 is 5.32 Å². The van der Waals surface area contributed by atoms with E-state index >= 15 is 0 Å². The van der Waals surface area contributed by atoms with E-state index in [2.05, 4.69) is 10.4 Å². The molecule has 0 bridgehead atoms. The van der Waals surface area contributed by atoms with Crippen molar-refractivity contribution in [3.8, 4) is 0 Å². The number of ketones is 1. The fraction of sp³-hybridized carbons (Fsp3) is 0.267. The molecule has 1 N–H and O–H groups in total. The van der Waals surface area contributed by atoms with Crippen LogP contribution >= 0.6 is 0 Å². The van der Waals surface area contributed by atoms with Crippen molar-refractivity contribution in [2.75, 3.05) is 5.32 Å². The Morgan fingerprint density at radius 2 is 1.80 bits per heavy atom. The summed E-state index contributed by atoms with van der Waals surface area (Å²) in [5, 5.41) is 6.70.